The number of carbonyl (C=O) groups is 2. The topological polar surface area (TPSA) is 76.2 Å². The van der Waals surface area contributed by atoms with Crippen molar-refractivity contribution in [2.45, 2.75) is 6.92 Å². The van der Waals surface area contributed by atoms with Crippen LogP contribution in [0.15, 0.2) is 53.3 Å². The second-order valence-corrected chi connectivity index (χ2v) is 5.91. The summed E-state index contributed by atoms with van der Waals surface area (Å²) < 4.78 is 5.10. The van der Waals surface area contributed by atoms with Crippen LogP contribution >= 0.6 is 11.6 Å². The molecule has 0 aliphatic heterocycles. The Labute approximate surface area is 148 Å². The van der Waals surface area contributed by atoms with Crippen LogP contribution < -0.4 is 5.56 Å². The number of nitrogens with one attached hydrogen (secondary N) is 1. The van der Waals surface area contributed by atoms with E-state index in [0.717, 1.165) is 6.07 Å². The van der Waals surface area contributed by atoms with Crippen LogP contribution in [0.1, 0.15) is 26.3 Å². The van der Waals surface area contributed by atoms with Crippen molar-refractivity contribution < 1.29 is 14.3 Å². The standard InChI is InChI=1S/C19H14ClNO4/c1-11-15(20)8-7-13-14(9-17(23)21-18(11)13)19(24)25-10-16(22)12-5-3-2-4-6-12/h2-9H,10H2,1H3,(H,21,23). The average Bonchev–Trinajstić information content (AvgIpc) is 2.63. The highest BCUT2D eigenvalue weighted by atomic mass is 35.5. The summed E-state index contributed by atoms with van der Waals surface area (Å²) in [5, 5.41) is 0.992. The SMILES string of the molecule is Cc1c(Cl)ccc2c(C(=O)OCC(=O)c3ccccc3)cc(=O)[nH]c12. The average molecular weight is 356 g/mol. The minimum Gasteiger partial charge on any atom is -0.454 e. The van der Waals surface area contributed by atoms with Gasteiger partial charge >= 0.3 is 5.97 Å². The third kappa shape index (κ3) is 3.46. The van der Waals surface area contributed by atoms with E-state index in [0.29, 0.717) is 27.1 Å². The normalized spacial score (nSPS) is 10.6. The van der Waals surface area contributed by atoms with Crippen molar-refractivity contribution in [3.8, 4) is 0 Å². The van der Waals surface area contributed by atoms with Crippen LogP contribution in [-0.2, 0) is 4.74 Å². The lowest BCUT2D eigenvalue weighted by molar-refractivity contribution is 0.0476. The summed E-state index contributed by atoms with van der Waals surface area (Å²) in [6, 6.07) is 13.0. The van der Waals surface area contributed by atoms with Crippen LogP contribution in [0.3, 0.4) is 0 Å². The second kappa shape index (κ2) is 6.91. The van der Waals surface area contributed by atoms with Crippen molar-refractivity contribution in [3.63, 3.8) is 0 Å². The fraction of sp³-hybridized carbons (Fsp3) is 0.105. The van der Waals surface area contributed by atoms with Crippen LogP contribution in [0.25, 0.3) is 10.9 Å². The van der Waals surface area contributed by atoms with E-state index in [-0.39, 0.29) is 11.3 Å². The summed E-state index contributed by atoms with van der Waals surface area (Å²) in [6.45, 7) is 1.35. The van der Waals surface area contributed by atoms with E-state index >= 15 is 0 Å². The number of carbonyl (C=O) groups excluding carboxylic acids is 2. The molecule has 0 bridgehead atoms. The third-order valence-electron chi connectivity index (χ3n) is 3.86. The first kappa shape index (κ1) is 16.9. The molecule has 3 aromatic rings. The van der Waals surface area contributed by atoms with Gasteiger partial charge in [-0.3, -0.25) is 9.59 Å². The highest BCUT2D eigenvalue weighted by molar-refractivity contribution is 6.32. The Morgan fingerprint density at radius 2 is 1.84 bits per heavy atom. The van der Waals surface area contributed by atoms with Crippen LogP contribution in [0.5, 0.6) is 0 Å². The Kier molecular flexibility index (Phi) is 4.67. The first-order valence-corrected chi connectivity index (χ1v) is 7.92. The van der Waals surface area contributed by atoms with Crippen molar-refractivity contribution in [1.29, 1.82) is 0 Å². The van der Waals surface area contributed by atoms with Crippen molar-refractivity contribution in [3.05, 3.63) is 80.6 Å². The molecule has 2 aromatic carbocycles. The number of Topliss-reactive ketones (excluding diaryl/α,β-unsaturated/α-hetero) is 1. The largest absolute Gasteiger partial charge is 0.454 e. The van der Waals surface area contributed by atoms with Gasteiger partial charge in [-0.1, -0.05) is 48.0 Å². The van der Waals surface area contributed by atoms with Crippen LogP contribution in [0.2, 0.25) is 5.02 Å². The zero-order valence-corrected chi connectivity index (χ0v) is 14.1. The number of hydrogen-bond acceptors (Lipinski definition) is 4. The molecule has 5 nitrogen and oxygen atoms in total. The molecule has 3 rings (SSSR count). The first-order valence-electron chi connectivity index (χ1n) is 7.55. The maximum Gasteiger partial charge on any atom is 0.339 e. The molecule has 0 aliphatic rings. The minimum atomic E-state index is -0.734. The van der Waals surface area contributed by atoms with Gasteiger partial charge in [0.05, 0.1) is 11.1 Å². The zero-order chi connectivity index (χ0) is 18.0. The zero-order valence-electron chi connectivity index (χ0n) is 13.3. The third-order valence-corrected chi connectivity index (χ3v) is 4.27. The lowest BCUT2D eigenvalue weighted by atomic mass is 10.1. The number of halogens is 1. The number of pyridine rings is 1. The molecule has 126 valence electrons. The van der Waals surface area contributed by atoms with Gasteiger partial charge in [0.25, 0.3) is 0 Å². The predicted octanol–water partition coefficient (Wildman–Crippen LogP) is 3.53. The molecule has 25 heavy (non-hydrogen) atoms. The number of aromatic nitrogens is 1. The summed E-state index contributed by atoms with van der Waals surface area (Å²) in [4.78, 5) is 39.0. The van der Waals surface area contributed by atoms with Crippen molar-refractivity contribution in [1.82, 2.24) is 4.98 Å². The highest BCUT2D eigenvalue weighted by Gasteiger charge is 2.17. The number of ether oxygens (including phenoxy) is 1. The number of benzene rings is 2. The second-order valence-electron chi connectivity index (χ2n) is 5.51. The van der Waals surface area contributed by atoms with Gasteiger partial charge < -0.3 is 9.72 Å². The molecule has 6 heteroatoms. The Balaban J connectivity index is 1.89. The summed E-state index contributed by atoms with van der Waals surface area (Å²) in [6.07, 6.45) is 0. The molecule has 0 radical (unpaired) electrons. The molecule has 0 aliphatic carbocycles. The van der Waals surface area contributed by atoms with Gasteiger partial charge in [-0.15, -0.1) is 0 Å². The number of fused-ring (bicyclic) bond motifs is 1. The molecule has 1 heterocycles. The molecule has 0 saturated heterocycles. The number of esters is 1. The number of aryl methyl sites for hydroxylation is 1. The Morgan fingerprint density at radius 1 is 1.12 bits per heavy atom. The Bertz CT molecular complexity index is 1020. The fourth-order valence-corrected chi connectivity index (χ4v) is 2.68. The molecular formula is C19H14ClNO4. The number of aromatic amines is 1. The van der Waals surface area contributed by atoms with Gasteiger partial charge in [0.15, 0.2) is 12.4 Å². The Hall–Kier alpha value is -2.92. The lowest BCUT2D eigenvalue weighted by Crippen LogP contribution is -2.17. The molecular weight excluding hydrogens is 342 g/mol. The predicted molar refractivity (Wildman–Crippen MR) is 95.4 cm³/mol. The smallest absolute Gasteiger partial charge is 0.339 e. The molecule has 0 spiro atoms. The first-order chi connectivity index (χ1) is 12.0. The van der Waals surface area contributed by atoms with E-state index in [9.17, 15) is 14.4 Å². The number of H-pyrrole nitrogens is 1. The molecule has 0 atom stereocenters. The summed E-state index contributed by atoms with van der Waals surface area (Å²) in [7, 11) is 0. The van der Waals surface area contributed by atoms with Crippen LogP contribution in [0.4, 0.5) is 0 Å². The van der Waals surface area contributed by atoms with E-state index < -0.39 is 18.1 Å². The van der Waals surface area contributed by atoms with Crippen molar-refractivity contribution >= 4 is 34.3 Å². The molecule has 1 N–H and O–H groups in total. The van der Waals surface area contributed by atoms with E-state index in [4.69, 9.17) is 16.3 Å². The van der Waals surface area contributed by atoms with Gasteiger partial charge in [-0.25, -0.2) is 4.79 Å². The van der Waals surface area contributed by atoms with Crippen molar-refractivity contribution in [2.24, 2.45) is 0 Å². The summed E-state index contributed by atoms with van der Waals surface area (Å²) in [5.41, 5.74) is 1.24. The fourth-order valence-electron chi connectivity index (χ4n) is 2.53. The summed E-state index contributed by atoms with van der Waals surface area (Å²) >= 11 is 6.06. The van der Waals surface area contributed by atoms with Gasteiger partial charge in [-0.05, 0) is 18.6 Å². The van der Waals surface area contributed by atoms with E-state index in [2.05, 4.69) is 4.98 Å². The van der Waals surface area contributed by atoms with Crippen LogP contribution in [0, 0.1) is 6.92 Å². The van der Waals surface area contributed by atoms with E-state index in [1.807, 2.05) is 0 Å². The van der Waals surface area contributed by atoms with E-state index in [1.54, 1.807) is 49.4 Å². The van der Waals surface area contributed by atoms with Crippen molar-refractivity contribution in [2.75, 3.05) is 6.61 Å². The van der Waals surface area contributed by atoms with Gasteiger partial charge in [0, 0.05) is 22.0 Å². The number of hydrogen-bond donors (Lipinski definition) is 1. The molecule has 1 aromatic heterocycles. The monoisotopic (exact) mass is 355 g/mol. The summed E-state index contributed by atoms with van der Waals surface area (Å²) in [5.74, 6) is -1.05. The number of rotatable bonds is 4. The maximum atomic E-state index is 12.4. The Morgan fingerprint density at radius 3 is 2.56 bits per heavy atom. The lowest BCUT2D eigenvalue weighted by Gasteiger charge is -2.09. The molecule has 0 amide bonds. The molecule has 0 saturated carbocycles. The number of ketones is 1. The van der Waals surface area contributed by atoms with E-state index in [1.165, 1.54) is 0 Å². The van der Waals surface area contributed by atoms with Gasteiger partial charge in [0.1, 0.15) is 0 Å². The molecule has 0 unspecified atom stereocenters. The van der Waals surface area contributed by atoms with Crippen LogP contribution in [-0.4, -0.2) is 23.3 Å². The quantitative estimate of drug-likeness (QED) is 0.573. The maximum absolute atomic E-state index is 12.4. The minimum absolute atomic E-state index is 0.0966. The van der Waals surface area contributed by atoms with Gasteiger partial charge in [-0.2, -0.15) is 0 Å². The molecule has 0 fully saturated rings. The highest BCUT2D eigenvalue weighted by Crippen LogP contribution is 2.25. The van der Waals surface area contributed by atoms with Gasteiger partial charge in [0.2, 0.25) is 5.56 Å².